The van der Waals surface area contributed by atoms with Crippen LogP contribution < -0.4 is 5.32 Å². The Morgan fingerprint density at radius 1 is 1.47 bits per heavy atom. The van der Waals surface area contributed by atoms with E-state index in [4.69, 9.17) is 4.98 Å². The van der Waals surface area contributed by atoms with Crippen LogP contribution in [0, 0.1) is 6.92 Å². The summed E-state index contributed by atoms with van der Waals surface area (Å²) in [5.74, 6) is 0.584. The Kier molecular flexibility index (Phi) is 3.62. The van der Waals surface area contributed by atoms with Crippen LogP contribution in [-0.2, 0) is 6.42 Å². The van der Waals surface area contributed by atoms with Gasteiger partial charge in [-0.25, -0.2) is 4.98 Å². The zero-order chi connectivity index (χ0) is 13.2. The summed E-state index contributed by atoms with van der Waals surface area (Å²) in [6.07, 6.45) is 7.51. The zero-order valence-corrected chi connectivity index (χ0v) is 12.3. The molecule has 1 aliphatic rings. The molecule has 3 nitrogen and oxygen atoms in total. The number of aromatic nitrogens is 2. The molecule has 4 heteroatoms. The van der Waals surface area contributed by atoms with E-state index in [1.54, 1.807) is 0 Å². The van der Waals surface area contributed by atoms with Crippen LogP contribution in [0.3, 0.4) is 0 Å². The lowest BCUT2D eigenvalue weighted by molar-refractivity contribution is 0.523. The van der Waals surface area contributed by atoms with Gasteiger partial charge in [0.15, 0.2) is 0 Å². The third-order valence-electron chi connectivity index (χ3n) is 3.77. The summed E-state index contributed by atoms with van der Waals surface area (Å²) >= 11 is 1.87. The molecule has 0 bridgehead atoms. The van der Waals surface area contributed by atoms with Crippen LogP contribution in [-0.4, -0.2) is 23.6 Å². The number of likely N-dealkylation sites (N-methyl/N-ethyl adjacent to an activating group) is 1. The highest BCUT2D eigenvalue weighted by molar-refractivity contribution is 7.15. The number of thiazole rings is 1. The van der Waals surface area contributed by atoms with Crippen molar-refractivity contribution in [1.82, 2.24) is 15.3 Å². The van der Waals surface area contributed by atoms with Crippen molar-refractivity contribution in [3.8, 4) is 10.6 Å². The Bertz CT molecular complexity index is 577. The predicted molar refractivity (Wildman–Crippen MR) is 79.7 cm³/mol. The van der Waals surface area contributed by atoms with Gasteiger partial charge in [0, 0.05) is 35.3 Å². The van der Waals surface area contributed by atoms with Crippen molar-refractivity contribution in [2.24, 2.45) is 0 Å². The van der Waals surface area contributed by atoms with E-state index in [0.717, 1.165) is 11.6 Å². The first-order valence-corrected chi connectivity index (χ1v) is 7.66. The van der Waals surface area contributed by atoms with Crippen molar-refractivity contribution in [3.63, 3.8) is 0 Å². The molecule has 2 heterocycles. The van der Waals surface area contributed by atoms with Gasteiger partial charge >= 0.3 is 0 Å². The zero-order valence-electron chi connectivity index (χ0n) is 11.4. The van der Waals surface area contributed by atoms with E-state index in [2.05, 4.69) is 23.3 Å². The van der Waals surface area contributed by atoms with Gasteiger partial charge < -0.3 is 5.32 Å². The number of nitrogens with zero attached hydrogens (tertiary/aromatic N) is 2. The number of nitrogens with one attached hydrogen (secondary N) is 1. The quantitative estimate of drug-likeness (QED) is 0.933. The van der Waals surface area contributed by atoms with Gasteiger partial charge in [-0.1, -0.05) is 0 Å². The molecular formula is C15H19N3S. The van der Waals surface area contributed by atoms with Gasteiger partial charge in [-0.3, -0.25) is 4.98 Å². The smallest absolute Gasteiger partial charge is 0.124 e. The van der Waals surface area contributed by atoms with Crippen LogP contribution >= 0.6 is 11.3 Å². The van der Waals surface area contributed by atoms with E-state index >= 15 is 0 Å². The maximum absolute atomic E-state index is 4.93. The fourth-order valence-electron chi connectivity index (χ4n) is 2.78. The first kappa shape index (κ1) is 12.8. The molecule has 19 heavy (non-hydrogen) atoms. The van der Waals surface area contributed by atoms with E-state index < -0.39 is 0 Å². The molecule has 0 saturated heterocycles. The van der Waals surface area contributed by atoms with Gasteiger partial charge in [-0.05, 0) is 44.9 Å². The highest BCUT2D eigenvalue weighted by atomic mass is 32.1. The van der Waals surface area contributed by atoms with Crippen molar-refractivity contribution < 1.29 is 0 Å². The molecule has 2 aromatic rings. The molecule has 0 fully saturated rings. The first-order chi connectivity index (χ1) is 9.29. The number of hydrogen-bond acceptors (Lipinski definition) is 4. The average molecular weight is 273 g/mol. The van der Waals surface area contributed by atoms with E-state index in [1.165, 1.54) is 41.0 Å². The van der Waals surface area contributed by atoms with Crippen molar-refractivity contribution >= 4 is 11.3 Å². The van der Waals surface area contributed by atoms with Crippen LogP contribution in [0.15, 0.2) is 18.5 Å². The highest BCUT2D eigenvalue weighted by Crippen LogP contribution is 2.38. The predicted octanol–water partition coefficient (Wildman–Crippen LogP) is 3.15. The summed E-state index contributed by atoms with van der Waals surface area (Å²) in [6, 6.07) is 2.08. The molecule has 1 unspecified atom stereocenters. The van der Waals surface area contributed by atoms with Crippen molar-refractivity contribution in [2.45, 2.75) is 32.1 Å². The summed E-state index contributed by atoms with van der Waals surface area (Å²) in [5, 5.41) is 4.45. The average Bonchev–Trinajstić information content (AvgIpc) is 2.84. The second kappa shape index (κ2) is 5.39. The Morgan fingerprint density at radius 2 is 2.37 bits per heavy atom. The topological polar surface area (TPSA) is 37.8 Å². The van der Waals surface area contributed by atoms with Gasteiger partial charge in [0.05, 0.1) is 5.69 Å². The molecule has 3 rings (SSSR count). The molecular weight excluding hydrogens is 254 g/mol. The maximum atomic E-state index is 4.93. The van der Waals surface area contributed by atoms with Gasteiger partial charge in [0.25, 0.3) is 0 Å². The molecule has 0 amide bonds. The molecule has 100 valence electrons. The minimum Gasteiger partial charge on any atom is -0.319 e. The second-order valence-corrected chi connectivity index (χ2v) is 6.25. The minimum absolute atomic E-state index is 0.584. The van der Waals surface area contributed by atoms with Crippen molar-refractivity contribution in [1.29, 1.82) is 0 Å². The Balaban J connectivity index is 2.00. The maximum Gasteiger partial charge on any atom is 0.124 e. The molecule has 1 N–H and O–H groups in total. The van der Waals surface area contributed by atoms with Gasteiger partial charge in [-0.2, -0.15) is 0 Å². The molecule has 0 saturated carbocycles. The summed E-state index contributed by atoms with van der Waals surface area (Å²) in [7, 11) is 2.02. The van der Waals surface area contributed by atoms with Gasteiger partial charge in [0.1, 0.15) is 5.01 Å². The van der Waals surface area contributed by atoms with Crippen LogP contribution in [0.25, 0.3) is 10.6 Å². The van der Waals surface area contributed by atoms with Crippen molar-refractivity contribution in [2.75, 3.05) is 13.6 Å². The molecule has 0 aromatic carbocycles. The molecule has 0 aliphatic heterocycles. The lowest BCUT2D eigenvalue weighted by Gasteiger charge is -2.20. The summed E-state index contributed by atoms with van der Waals surface area (Å²) in [6.45, 7) is 3.14. The number of fused-ring (bicyclic) bond motifs is 1. The molecule has 2 aromatic heterocycles. The van der Waals surface area contributed by atoms with Crippen LogP contribution in [0.1, 0.15) is 34.9 Å². The summed E-state index contributed by atoms with van der Waals surface area (Å²) < 4.78 is 0. The lowest BCUT2D eigenvalue weighted by atomic mass is 9.91. The number of hydrogen-bond donors (Lipinski definition) is 1. The fourth-order valence-corrected chi connectivity index (χ4v) is 4.06. The number of rotatable bonds is 3. The van der Waals surface area contributed by atoms with Crippen LogP contribution in [0.2, 0.25) is 0 Å². The Labute approximate surface area is 118 Å². The highest BCUT2D eigenvalue weighted by Gasteiger charge is 2.24. The molecule has 1 aliphatic carbocycles. The van der Waals surface area contributed by atoms with E-state index in [0.29, 0.717) is 5.92 Å². The molecule has 1 atom stereocenters. The van der Waals surface area contributed by atoms with E-state index in [-0.39, 0.29) is 0 Å². The Morgan fingerprint density at radius 3 is 3.16 bits per heavy atom. The second-order valence-electron chi connectivity index (χ2n) is 5.16. The van der Waals surface area contributed by atoms with Gasteiger partial charge in [-0.15, -0.1) is 11.3 Å². The van der Waals surface area contributed by atoms with Crippen LogP contribution in [0.5, 0.6) is 0 Å². The third-order valence-corrected chi connectivity index (χ3v) is 4.94. The molecule has 0 radical (unpaired) electrons. The van der Waals surface area contributed by atoms with Crippen molar-refractivity contribution in [3.05, 3.63) is 34.6 Å². The first-order valence-electron chi connectivity index (χ1n) is 6.84. The fraction of sp³-hybridized carbons (Fsp3) is 0.467. The number of pyridine rings is 1. The minimum atomic E-state index is 0.584. The van der Waals surface area contributed by atoms with E-state index in [1.807, 2.05) is 30.8 Å². The Hall–Kier alpha value is -1.26. The van der Waals surface area contributed by atoms with Crippen LogP contribution in [0.4, 0.5) is 0 Å². The largest absolute Gasteiger partial charge is 0.319 e. The van der Waals surface area contributed by atoms with E-state index in [9.17, 15) is 0 Å². The molecule has 0 spiro atoms. The third kappa shape index (κ3) is 2.42. The standard InChI is InChI=1S/C15H19N3S/c1-10-8-17-7-6-12(10)15-18-14-11(9-16-2)4-3-5-13(14)19-15/h6-8,11,16H,3-5,9H2,1-2H3. The normalized spacial score (nSPS) is 18.3. The summed E-state index contributed by atoms with van der Waals surface area (Å²) in [4.78, 5) is 10.6. The SMILES string of the molecule is CNCC1CCCc2sc(-c3ccncc3C)nc21. The number of aryl methyl sites for hydroxylation is 2. The monoisotopic (exact) mass is 273 g/mol. The van der Waals surface area contributed by atoms with Gasteiger partial charge in [0.2, 0.25) is 0 Å². The lowest BCUT2D eigenvalue weighted by Crippen LogP contribution is -2.20. The summed E-state index contributed by atoms with van der Waals surface area (Å²) in [5.41, 5.74) is 3.77.